The zero-order chi connectivity index (χ0) is 4.12. The molecule has 0 radical (unpaired) electrons. The van der Waals surface area contributed by atoms with E-state index in [4.69, 9.17) is 5.11 Å². The van der Waals surface area contributed by atoms with E-state index in [0.29, 0.717) is 6.32 Å². The van der Waals surface area contributed by atoms with Crippen LogP contribution in [0.15, 0.2) is 0 Å². The van der Waals surface area contributed by atoms with E-state index in [1.165, 1.54) is 6.15 Å². The van der Waals surface area contributed by atoms with Gasteiger partial charge in [-0.3, -0.25) is 0 Å². The van der Waals surface area contributed by atoms with Crippen LogP contribution in [0.25, 0.3) is 0 Å². The van der Waals surface area contributed by atoms with Crippen molar-refractivity contribution in [1.29, 1.82) is 0 Å². The zero-order valence-electron chi connectivity index (χ0n) is 2.85. The molecule has 0 unspecified atom stereocenters. The Kier molecular flexibility index (Phi) is 4.45. The molecule has 0 rings (SSSR count). The Hall–Kier alpha value is 0.245. The first kappa shape index (κ1) is 5.24. The van der Waals surface area contributed by atoms with Crippen LogP contribution in [-0.4, -0.2) is 17.9 Å². The quantitative estimate of drug-likeness (QED) is 0.487. The molecule has 0 aromatic heterocycles. The van der Waals surface area contributed by atoms with Crippen LogP contribution in [0, 0.1) is 0 Å². The van der Waals surface area contributed by atoms with Gasteiger partial charge in [0.2, 0.25) is 0 Å². The summed E-state index contributed by atoms with van der Waals surface area (Å²) in [5.41, 5.74) is 0. The molecule has 28 valence electrons. The Morgan fingerprint density at radius 1 is 1.80 bits per heavy atom. The molecule has 0 aliphatic carbocycles. The van der Waals surface area contributed by atoms with Crippen LogP contribution in [0.2, 0.25) is 6.32 Å². The van der Waals surface area contributed by atoms with Gasteiger partial charge in [0.05, 0.1) is 0 Å². The van der Waals surface area contributed by atoms with Crippen LogP contribution in [0.3, 0.4) is 0 Å². The van der Waals surface area contributed by atoms with Gasteiger partial charge in [0.25, 0.3) is 0 Å². The fourth-order valence-corrected chi connectivity index (χ4v) is 0.158. The van der Waals surface area contributed by atoms with Crippen molar-refractivity contribution in [1.82, 2.24) is 0 Å². The average molecular weight is 87.9 g/mol. The van der Waals surface area contributed by atoms with Gasteiger partial charge >= 0.3 is 36.2 Å². The molecule has 0 aromatic rings. The summed E-state index contributed by atoms with van der Waals surface area (Å²) in [6.07, 6.45) is 2.15. The predicted molar refractivity (Wildman–Crippen MR) is 25.2 cm³/mol. The molecule has 1 N–H and O–H groups in total. The van der Waals surface area contributed by atoms with Gasteiger partial charge < -0.3 is 0 Å². The number of aliphatic hydroxyl groups is 1. The first-order valence-electron chi connectivity index (χ1n) is 1.46. The third kappa shape index (κ3) is 4.24. The van der Waals surface area contributed by atoms with E-state index < -0.39 is 0 Å². The van der Waals surface area contributed by atoms with Crippen molar-refractivity contribution < 1.29 is 5.11 Å². The Balaban J connectivity index is 2.40. The number of aliphatic hydroxyl groups excluding tert-OH is 1. The standard InChI is InChI=1S/C2H5BOS/c4-2-1-3-5/h4H,1-2H2. The van der Waals surface area contributed by atoms with Crippen LogP contribution < -0.4 is 0 Å². The Labute approximate surface area is 37.1 Å². The van der Waals surface area contributed by atoms with Gasteiger partial charge in [-0.15, -0.1) is 0 Å². The van der Waals surface area contributed by atoms with Crippen LogP contribution in [0.1, 0.15) is 0 Å². The molecule has 3 heteroatoms. The van der Waals surface area contributed by atoms with Crippen LogP contribution >= 0.6 is 12.1 Å². The molecular weight excluding hydrogens is 82.9 g/mol. The predicted octanol–water partition coefficient (Wildman–Crippen LogP) is 0.214. The monoisotopic (exact) mass is 88.0 g/mol. The van der Waals surface area contributed by atoms with E-state index >= 15 is 0 Å². The normalized spacial score (nSPS) is 6.60. The van der Waals surface area contributed by atoms with Crippen molar-refractivity contribution in [3.8, 4) is 0 Å². The van der Waals surface area contributed by atoms with Crippen molar-refractivity contribution in [3.05, 3.63) is 0 Å². The first-order valence-corrected chi connectivity index (χ1v) is 1.93. The zero-order valence-corrected chi connectivity index (χ0v) is 3.66. The molecule has 0 aliphatic rings. The molecule has 0 spiro atoms. The van der Waals surface area contributed by atoms with E-state index in [1.54, 1.807) is 0 Å². The minimum absolute atomic E-state index is 0.184. The van der Waals surface area contributed by atoms with E-state index in [1.807, 2.05) is 0 Å². The molecule has 0 aromatic carbocycles. The van der Waals surface area contributed by atoms with Crippen LogP contribution in [0.4, 0.5) is 0 Å². The van der Waals surface area contributed by atoms with Gasteiger partial charge in [0.15, 0.2) is 0 Å². The van der Waals surface area contributed by atoms with Crippen molar-refractivity contribution in [2.24, 2.45) is 0 Å². The fourth-order valence-electron chi connectivity index (χ4n) is 0.0527. The van der Waals surface area contributed by atoms with Crippen molar-refractivity contribution >= 4 is 18.2 Å². The molecule has 0 saturated heterocycles. The van der Waals surface area contributed by atoms with Gasteiger partial charge in [0.1, 0.15) is 0 Å². The Bertz CT molecular complexity index is 30.8. The second kappa shape index (κ2) is 4.24. The molecule has 1 nitrogen and oxygen atoms in total. The maximum atomic E-state index is 7.97. The summed E-state index contributed by atoms with van der Waals surface area (Å²) in [7, 11) is 0. The molecule has 0 amide bonds. The summed E-state index contributed by atoms with van der Waals surface area (Å²) in [5.74, 6) is 0. The summed E-state index contributed by atoms with van der Waals surface area (Å²) in [4.78, 5) is 0. The molecular formula is C2H5BOS. The van der Waals surface area contributed by atoms with Crippen molar-refractivity contribution in [2.45, 2.75) is 6.32 Å². The summed E-state index contributed by atoms with van der Waals surface area (Å²) >= 11 is 4.37. The van der Waals surface area contributed by atoms with Gasteiger partial charge in [-0.2, -0.15) is 0 Å². The Morgan fingerprint density at radius 3 is 2.40 bits per heavy atom. The molecule has 0 heterocycles. The van der Waals surface area contributed by atoms with Crippen LogP contribution in [-0.2, 0) is 0 Å². The summed E-state index contributed by atoms with van der Waals surface area (Å²) in [5, 5.41) is 7.97. The van der Waals surface area contributed by atoms with Gasteiger partial charge in [-0.25, -0.2) is 0 Å². The van der Waals surface area contributed by atoms with Crippen molar-refractivity contribution in [3.63, 3.8) is 0 Å². The SMILES string of the molecule is OCCB=S. The second-order valence-electron chi connectivity index (χ2n) is 0.679. The summed E-state index contributed by atoms with van der Waals surface area (Å²) in [6.45, 7) is 0.184. The fraction of sp³-hybridized carbons (Fsp3) is 1.00. The van der Waals surface area contributed by atoms with E-state index in [-0.39, 0.29) is 6.61 Å². The molecule has 0 atom stereocenters. The third-order valence-corrected chi connectivity index (χ3v) is 0.483. The molecule has 0 bridgehead atoms. The topological polar surface area (TPSA) is 20.2 Å². The number of rotatable bonds is 2. The third-order valence-electron chi connectivity index (χ3n) is 0.247. The average Bonchev–Trinajstić information content (AvgIpc) is 1.41. The second-order valence-corrected chi connectivity index (χ2v) is 1.01. The van der Waals surface area contributed by atoms with Crippen molar-refractivity contribution in [2.75, 3.05) is 6.61 Å². The summed E-state index contributed by atoms with van der Waals surface area (Å²) in [6, 6.07) is 0. The summed E-state index contributed by atoms with van der Waals surface area (Å²) < 4.78 is 0. The van der Waals surface area contributed by atoms with E-state index in [2.05, 4.69) is 12.1 Å². The molecule has 0 fully saturated rings. The first-order chi connectivity index (χ1) is 2.41. The van der Waals surface area contributed by atoms with Gasteiger partial charge in [0, 0.05) is 0 Å². The Morgan fingerprint density at radius 2 is 2.40 bits per heavy atom. The van der Waals surface area contributed by atoms with E-state index in [9.17, 15) is 0 Å². The van der Waals surface area contributed by atoms with E-state index in [0.717, 1.165) is 0 Å². The molecule has 0 aliphatic heterocycles. The molecule has 5 heavy (non-hydrogen) atoms. The minimum atomic E-state index is 0.184. The van der Waals surface area contributed by atoms with Gasteiger partial charge in [-0.1, -0.05) is 0 Å². The van der Waals surface area contributed by atoms with Crippen LogP contribution in [0.5, 0.6) is 0 Å². The van der Waals surface area contributed by atoms with Gasteiger partial charge in [-0.05, 0) is 0 Å². The molecule has 0 saturated carbocycles. The maximum absolute atomic E-state index is 7.97. The number of hydrogen-bond donors (Lipinski definition) is 1. The number of hydrogen-bond acceptors (Lipinski definition) is 2.